The number of carbonyl (C=O) groups is 3. The van der Waals surface area contributed by atoms with Gasteiger partial charge in [-0.1, -0.05) is 19.1 Å². The number of methoxy groups -OCH3 is 1. The number of rotatable bonds is 4. The number of imide groups is 1. The van der Waals surface area contributed by atoms with Gasteiger partial charge in [0.1, 0.15) is 6.54 Å². The highest BCUT2D eigenvalue weighted by Crippen LogP contribution is 2.19. The number of hydrogen-bond acceptors (Lipinski definition) is 6. The van der Waals surface area contributed by atoms with Gasteiger partial charge in [-0.2, -0.15) is 0 Å². The molecular weight excluding hydrogens is 276 g/mol. The van der Waals surface area contributed by atoms with E-state index in [4.69, 9.17) is 0 Å². The molecule has 21 heavy (non-hydrogen) atoms. The van der Waals surface area contributed by atoms with Crippen LogP contribution in [-0.2, 0) is 20.9 Å². The van der Waals surface area contributed by atoms with Crippen LogP contribution in [0.4, 0.5) is 0 Å². The minimum atomic E-state index is -0.588. The van der Waals surface area contributed by atoms with Gasteiger partial charge in [0.2, 0.25) is 5.91 Å². The fourth-order valence-electron chi connectivity index (χ4n) is 2.38. The van der Waals surface area contributed by atoms with Gasteiger partial charge in [-0.15, -0.1) is 5.10 Å². The summed E-state index contributed by atoms with van der Waals surface area (Å²) in [7, 11) is 1.26. The highest BCUT2D eigenvalue weighted by atomic mass is 16.5. The molecule has 114 valence electrons. The Morgan fingerprint density at radius 1 is 1.38 bits per heavy atom. The van der Waals surface area contributed by atoms with Crippen LogP contribution in [0.1, 0.15) is 48.8 Å². The molecule has 1 aromatic rings. The zero-order chi connectivity index (χ0) is 15.6. The monoisotopic (exact) mass is 294 g/mol. The molecule has 2 heterocycles. The summed E-state index contributed by atoms with van der Waals surface area (Å²) in [5.41, 5.74) is 0.634. The summed E-state index contributed by atoms with van der Waals surface area (Å²) in [5.74, 6) is -1.15. The second-order valence-corrected chi connectivity index (χ2v) is 5.17. The zero-order valence-electron chi connectivity index (χ0n) is 12.3. The average Bonchev–Trinajstić information content (AvgIpc) is 3.04. The third-order valence-corrected chi connectivity index (χ3v) is 3.36. The van der Waals surface area contributed by atoms with Crippen molar-refractivity contribution in [2.24, 2.45) is 0 Å². The fraction of sp³-hybridized carbons (Fsp3) is 0.615. The van der Waals surface area contributed by atoms with E-state index in [-0.39, 0.29) is 30.0 Å². The number of likely N-dealkylation sites (tertiary alicyclic amines) is 1. The highest BCUT2D eigenvalue weighted by molar-refractivity contribution is 5.96. The van der Waals surface area contributed by atoms with Crippen molar-refractivity contribution in [1.29, 1.82) is 0 Å². The van der Waals surface area contributed by atoms with Crippen molar-refractivity contribution in [2.75, 3.05) is 13.7 Å². The number of esters is 1. The first-order chi connectivity index (χ1) is 9.95. The normalized spacial score (nSPS) is 14.9. The Labute approximate surface area is 122 Å². The van der Waals surface area contributed by atoms with Crippen molar-refractivity contribution in [3.63, 3.8) is 0 Å². The Hall–Kier alpha value is -2.25. The third kappa shape index (κ3) is 2.93. The van der Waals surface area contributed by atoms with Gasteiger partial charge in [0.25, 0.3) is 5.91 Å². The van der Waals surface area contributed by atoms with Crippen LogP contribution in [0.15, 0.2) is 0 Å². The van der Waals surface area contributed by atoms with Crippen LogP contribution < -0.4 is 0 Å². The van der Waals surface area contributed by atoms with Crippen LogP contribution in [-0.4, -0.2) is 51.3 Å². The van der Waals surface area contributed by atoms with E-state index < -0.39 is 5.97 Å². The summed E-state index contributed by atoms with van der Waals surface area (Å²) < 4.78 is 6.02. The molecule has 1 saturated heterocycles. The maximum absolute atomic E-state index is 12.1. The van der Waals surface area contributed by atoms with Crippen molar-refractivity contribution in [3.8, 4) is 0 Å². The molecule has 0 aromatic carbocycles. The molecule has 0 bridgehead atoms. The first-order valence-electron chi connectivity index (χ1n) is 6.80. The van der Waals surface area contributed by atoms with Crippen LogP contribution in [0.25, 0.3) is 0 Å². The van der Waals surface area contributed by atoms with Crippen molar-refractivity contribution >= 4 is 17.8 Å². The summed E-state index contributed by atoms with van der Waals surface area (Å²) in [6, 6.07) is 0. The van der Waals surface area contributed by atoms with Crippen LogP contribution in [0.5, 0.6) is 0 Å². The van der Waals surface area contributed by atoms with Crippen molar-refractivity contribution in [3.05, 3.63) is 11.4 Å². The largest absolute Gasteiger partial charge is 0.464 e. The lowest BCUT2D eigenvalue weighted by atomic mass is 10.1. The number of carbonyl (C=O) groups excluding carboxylic acids is 3. The standard InChI is InChI=1S/C13H18N4O4/c1-8(2)12-11(13(20)21-3)14-15-17(12)7-10(19)16-6-4-5-9(16)18/h8H,4-7H2,1-3H3. The number of aromatic nitrogens is 3. The summed E-state index contributed by atoms with van der Waals surface area (Å²) in [5, 5.41) is 7.64. The smallest absolute Gasteiger partial charge is 0.360 e. The third-order valence-electron chi connectivity index (χ3n) is 3.36. The fourth-order valence-corrected chi connectivity index (χ4v) is 2.38. The van der Waals surface area contributed by atoms with E-state index >= 15 is 0 Å². The van der Waals surface area contributed by atoms with Crippen molar-refractivity contribution in [1.82, 2.24) is 19.9 Å². The molecule has 0 radical (unpaired) electrons. The molecule has 1 aliphatic rings. The SMILES string of the molecule is COC(=O)c1nnn(CC(=O)N2CCCC2=O)c1C(C)C. The maximum Gasteiger partial charge on any atom is 0.360 e. The van der Waals surface area contributed by atoms with Gasteiger partial charge in [-0.25, -0.2) is 9.48 Å². The molecule has 0 aliphatic carbocycles. The molecular formula is C13H18N4O4. The van der Waals surface area contributed by atoms with E-state index in [0.29, 0.717) is 25.1 Å². The topological polar surface area (TPSA) is 94.4 Å². The first-order valence-corrected chi connectivity index (χ1v) is 6.80. The van der Waals surface area contributed by atoms with Crippen molar-refractivity contribution < 1.29 is 19.1 Å². The number of nitrogens with zero attached hydrogens (tertiary/aromatic N) is 4. The van der Waals surface area contributed by atoms with Crippen LogP contribution in [0.3, 0.4) is 0 Å². The van der Waals surface area contributed by atoms with E-state index in [0.717, 1.165) is 0 Å². The van der Waals surface area contributed by atoms with E-state index in [1.165, 1.54) is 16.7 Å². The first kappa shape index (κ1) is 15.1. The quantitative estimate of drug-likeness (QED) is 0.743. The maximum atomic E-state index is 12.1. The number of hydrogen-bond donors (Lipinski definition) is 0. The second kappa shape index (κ2) is 6.02. The lowest BCUT2D eigenvalue weighted by Gasteiger charge is -2.15. The Kier molecular flexibility index (Phi) is 4.35. The van der Waals surface area contributed by atoms with Gasteiger partial charge in [0, 0.05) is 13.0 Å². The molecule has 8 nitrogen and oxygen atoms in total. The predicted octanol–water partition coefficient (Wildman–Crippen LogP) is 0.337. The number of amides is 2. The minimum Gasteiger partial charge on any atom is -0.464 e. The van der Waals surface area contributed by atoms with Gasteiger partial charge < -0.3 is 4.74 Å². The second-order valence-electron chi connectivity index (χ2n) is 5.17. The molecule has 0 N–H and O–H groups in total. The highest BCUT2D eigenvalue weighted by Gasteiger charge is 2.29. The molecule has 2 rings (SSSR count). The molecule has 2 amide bonds. The van der Waals surface area contributed by atoms with Crippen LogP contribution in [0, 0.1) is 0 Å². The minimum absolute atomic E-state index is 0.0591. The van der Waals surface area contributed by atoms with E-state index in [1.807, 2.05) is 13.8 Å². The van der Waals surface area contributed by atoms with E-state index in [1.54, 1.807) is 0 Å². The Morgan fingerprint density at radius 3 is 2.62 bits per heavy atom. The molecule has 0 saturated carbocycles. The molecule has 0 atom stereocenters. The van der Waals surface area contributed by atoms with Crippen molar-refractivity contribution in [2.45, 2.75) is 39.2 Å². The average molecular weight is 294 g/mol. The lowest BCUT2D eigenvalue weighted by molar-refractivity contribution is -0.142. The van der Waals surface area contributed by atoms with Gasteiger partial charge in [0.05, 0.1) is 12.8 Å². The summed E-state index contributed by atoms with van der Waals surface area (Å²) in [4.78, 5) is 36.6. The van der Waals surface area contributed by atoms with Gasteiger partial charge >= 0.3 is 5.97 Å². The summed E-state index contributed by atoms with van der Waals surface area (Å²) in [6.45, 7) is 4.07. The lowest BCUT2D eigenvalue weighted by Crippen LogP contribution is -2.35. The summed E-state index contributed by atoms with van der Waals surface area (Å²) in [6.07, 6.45) is 1.08. The molecule has 8 heteroatoms. The number of ether oxygens (including phenoxy) is 1. The molecule has 1 fully saturated rings. The summed E-state index contributed by atoms with van der Waals surface area (Å²) >= 11 is 0. The van der Waals surface area contributed by atoms with E-state index in [2.05, 4.69) is 15.0 Å². The molecule has 0 unspecified atom stereocenters. The van der Waals surface area contributed by atoms with Crippen LogP contribution in [0.2, 0.25) is 0 Å². The van der Waals surface area contributed by atoms with Gasteiger partial charge in [-0.3, -0.25) is 14.5 Å². The van der Waals surface area contributed by atoms with E-state index in [9.17, 15) is 14.4 Å². The Balaban J connectivity index is 2.24. The van der Waals surface area contributed by atoms with Gasteiger partial charge in [0.15, 0.2) is 5.69 Å². The van der Waals surface area contributed by atoms with Gasteiger partial charge in [-0.05, 0) is 12.3 Å². The Bertz CT molecular complexity index is 579. The molecule has 1 aromatic heterocycles. The molecule has 0 spiro atoms. The molecule has 1 aliphatic heterocycles. The van der Waals surface area contributed by atoms with Crippen LogP contribution >= 0.6 is 0 Å². The Morgan fingerprint density at radius 2 is 2.10 bits per heavy atom. The zero-order valence-corrected chi connectivity index (χ0v) is 12.3. The predicted molar refractivity (Wildman–Crippen MR) is 71.4 cm³/mol.